The van der Waals surface area contributed by atoms with Crippen LogP contribution in [0.15, 0.2) is 89.6 Å². The zero-order valence-electron chi connectivity index (χ0n) is 10.6. The first kappa shape index (κ1) is 14.2. The van der Waals surface area contributed by atoms with Gasteiger partial charge in [-0.15, -0.1) is 0 Å². The fourth-order valence-corrected chi connectivity index (χ4v) is 1.60. The van der Waals surface area contributed by atoms with Gasteiger partial charge in [-0.05, 0) is 17.7 Å². The first-order valence-electron chi connectivity index (χ1n) is 5.88. The highest BCUT2D eigenvalue weighted by Gasteiger charge is 1.72. The predicted molar refractivity (Wildman–Crippen MR) is 81.9 cm³/mol. The molecule has 0 aliphatic rings. The third-order valence-electron chi connectivity index (χ3n) is 2.03. The monoisotopic (exact) mass is 254 g/mol. The predicted octanol–water partition coefficient (Wildman–Crippen LogP) is 5.43. The summed E-state index contributed by atoms with van der Waals surface area (Å²) in [5.74, 6) is 0. The summed E-state index contributed by atoms with van der Waals surface area (Å²) in [6, 6.07) is 26.3. The maximum Gasteiger partial charge on any atom is -0.00934 e. The molecular formula is C17H18S. The first-order valence-corrected chi connectivity index (χ1v) is 6.82. The largest absolute Gasteiger partial charge is 0.152 e. The molecule has 0 bridgehead atoms. The summed E-state index contributed by atoms with van der Waals surface area (Å²) < 4.78 is 0. The Labute approximate surface area is 114 Å². The Kier molecular flexibility index (Phi) is 8.13. The van der Waals surface area contributed by atoms with E-state index in [1.54, 1.807) is 11.3 Å². The van der Waals surface area contributed by atoms with Gasteiger partial charge < -0.3 is 0 Å². The average Bonchev–Trinajstić information content (AvgIpc) is 3.01. The first-order chi connectivity index (χ1) is 8.89. The lowest BCUT2D eigenvalue weighted by Crippen LogP contribution is -1.62. The van der Waals surface area contributed by atoms with Crippen LogP contribution in [0, 0.1) is 6.92 Å². The van der Waals surface area contributed by atoms with E-state index in [0.29, 0.717) is 0 Å². The summed E-state index contributed by atoms with van der Waals surface area (Å²) >= 11 is 1.71. The van der Waals surface area contributed by atoms with E-state index in [9.17, 15) is 0 Å². The lowest BCUT2D eigenvalue weighted by molar-refractivity contribution is 1.48. The molecular weight excluding hydrogens is 236 g/mol. The molecule has 0 amide bonds. The van der Waals surface area contributed by atoms with E-state index in [1.165, 1.54) is 5.56 Å². The maximum atomic E-state index is 2.08. The van der Waals surface area contributed by atoms with Crippen molar-refractivity contribution in [2.45, 2.75) is 6.92 Å². The third-order valence-corrected chi connectivity index (χ3v) is 2.66. The second-order valence-corrected chi connectivity index (χ2v) is 4.42. The molecule has 0 fully saturated rings. The van der Waals surface area contributed by atoms with Gasteiger partial charge in [-0.2, -0.15) is 11.3 Å². The minimum atomic E-state index is 1.32. The van der Waals surface area contributed by atoms with Crippen molar-refractivity contribution in [3.05, 3.63) is 95.2 Å². The van der Waals surface area contributed by atoms with Crippen molar-refractivity contribution >= 4 is 11.3 Å². The van der Waals surface area contributed by atoms with Crippen molar-refractivity contribution in [1.82, 2.24) is 0 Å². The number of hydrogen-bond acceptors (Lipinski definition) is 1. The van der Waals surface area contributed by atoms with Crippen LogP contribution in [-0.4, -0.2) is 0 Å². The summed E-state index contributed by atoms with van der Waals surface area (Å²) in [6.07, 6.45) is 0. The van der Waals surface area contributed by atoms with Gasteiger partial charge in [0.25, 0.3) is 0 Å². The number of thiophene rings is 1. The normalized spacial score (nSPS) is 8.28. The molecule has 1 aromatic heterocycles. The van der Waals surface area contributed by atoms with Crippen molar-refractivity contribution in [2.75, 3.05) is 0 Å². The molecule has 0 saturated heterocycles. The Morgan fingerprint density at radius 1 is 0.556 bits per heavy atom. The summed E-state index contributed by atoms with van der Waals surface area (Å²) in [5.41, 5.74) is 1.32. The van der Waals surface area contributed by atoms with Gasteiger partial charge >= 0.3 is 0 Å². The van der Waals surface area contributed by atoms with Gasteiger partial charge in [0.1, 0.15) is 0 Å². The Bertz CT molecular complexity index is 414. The van der Waals surface area contributed by atoms with Gasteiger partial charge in [-0.25, -0.2) is 0 Å². The van der Waals surface area contributed by atoms with Gasteiger partial charge in [0.15, 0.2) is 0 Å². The van der Waals surface area contributed by atoms with Crippen LogP contribution in [0.2, 0.25) is 0 Å². The molecule has 1 heterocycles. The molecule has 0 N–H and O–H groups in total. The number of rotatable bonds is 0. The van der Waals surface area contributed by atoms with E-state index in [1.807, 2.05) is 77.5 Å². The summed E-state index contributed by atoms with van der Waals surface area (Å²) in [7, 11) is 0. The van der Waals surface area contributed by atoms with E-state index in [4.69, 9.17) is 0 Å². The molecule has 0 radical (unpaired) electrons. The standard InChI is InChI=1S/C7H8.C6H6.C4H4S/c1-7-5-3-2-4-6-7;1-2-4-6-5-3-1;1-2-4-5-3-1/h2-6H,1H3;1-6H;1-4H. The maximum absolute atomic E-state index is 2.08. The van der Waals surface area contributed by atoms with Crippen LogP contribution < -0.4 is 0 Å². The Morgan fingerprint density at radius 2 is 0.944 bits per heavy atom. The topological polar surface area (TPSA) is 0 Å². The molecule has 1 heteroatoms. The molecule has 0 saturated carbocycles. The van der Waals surface area contributed by atoms with Gasteiger partial charge in [-0.3, -0.25) is 0 Å². The van der Waals surface area contributed by atoms with Crippen molar-refractivity contribution in [1.29, 1.82) is 0 Å². The van der Waals surface area contributed by atoms with Gasteiger partial charge in [0, 0.05) is 0 Å². The van der Waals surface area contributed by atoms with Crippen molar-refractivity contribution in [2.24, 2.45) is 0 Å². The van der Waals surface area contributed by atoms with Crippen molar-refractivity contribution in [3.63, 3.8) is 0 Å². The molecule has 0 spiro atoms. The minimum Gasteiger partial charge on any atom is -0.152 e. The molecule has 0 aliphatic heterocycles. The molecule has 0 aliphatic carbocycles. The molecule has 0 atom stereocenters. The summed E-state index contributed by atoms with van der Waals surface area (Å²) in [4.78, 5) is 0. The van der Waals surface area contributed by atoms with Gasteiger partial charge in [-0.1, -0.05) is 84.4 Å². The molecule has 92 valence electrons. The van der Waals surface area contributed by atoms with Crippen molar-refractivity contribution in [3.8, 4) is 0 Å². The van der Waals surface area contributed by atoms with Crippen LogP contribution >= 0.6 is 11.3 Å². The van der Waals surface area contributed by atoms with E-state index >= 15 is 0 Å². The quantitative estimate of drug-likeness (QED) is 0.502. The molecule has 0 nitrogen and oxygen atoms in total. The third kappa shape index (κ3) is 8.31. The number of benzene rings is 2. The highest BCUT2D eigenvalue weighted by molar-refractivity contribution is 7.07. The minimum absolute atomic E-state index is 1.32. The zero-order chi connectivity index (χ0) is 12.9. The van der Waals surface area contributed by atoms with Crippen LogP contribution in [0.5, 0.6) is 0 Å². The SMILES string of the molecule is Cc1ccccc1.c1ccccc1.c1ccsc1. The second-order valence-electron chi connectivity index (χ2n) is 3.60. The van der Waals surface area contributed by atoms with Gasteiger partial charge in [0.2, 0.25) is 0 Å². The Morgan fingerprint density at radius 3 is 1.17 bits per heavy atom. The summed E-state index contributed by atoms with van der Waals surface area (Å²) in [5, 5.41) is 4.08. The number of aryl methyl sites for hydroxylation is 1. The van der Waals surface area contributed by atoms with Crippen LogP contribution in [-0.2, 0) is 0 Å². The fraction of sp³-hybridized carbons (Fsp3) is 0.0588. The van der Waals surface area contributed by atoms with Gasteiger partial charge in [0.05, 0.1) is 0 Å². The Balaban J connectivity index is 0.000000137. The fourth-order valence-electron chi connectivity index (χ4n) is 1.15. The molecule has 3 rings (SSSR count). The smallest absolute Gasteiger partial charge is 0.00934 e. The Hall–Kier alpha value is -1.86. The summed E-state index contributed by atoms with van der Waals surface area (Å²) in [6.45, 7) is 2.08. The van der Waals surface area contributed by atoms with E-state index in [2.05, 4.69) is 19.1 Å². The van der Waals surface area contributed by atoms with Crippen LogP contribution in [0.1, 0.15) is 5.56 Å². The average molecular weight is 254 g/mol. The molecule has 2 aromatic carbocycles. The van der Waals surface area contributed by atoms with E-state index in [-0.39, 0.29) is 0 Å². The highest BCUT2D eigenvalue weighted by atomic mass is 32.1. The zero-order valence-corrected chi connectivity index (χ0v) is 11.4. The van der Waals surface area contributed by atoms with E-state index in [0.717, 1.165) is 0 Å². The van der Waals surface area contributed by atoms with Crippen LogP contribution in [0.3, 0.4) is 0 Å². The van der Waals surface area contributed by atoms with Crippen LogP contribution in [0.4, 0.5) is 0 Å². The lowest BCUT2D eigenvalue weighted by atomic mass is 10.2. The van der Waals surface area contributed by atoms with Crippen molar-refractivity contribution < 1.29 is 0 Å². The van der Waals surface area contributed by atoms with E-state index < -0.39 is 0 Å². The lowest BCUT2D eigenvalue weighted by Gasteiger charge is -1.82. The molecule has 18 heavy (non-hydrogen) atoms. The van der Waals surface area contributed by atoms with Crippen LogP contribution in [0.25, 0.3) is 0 Å². The highest BCUT2D eigenvalue weighted by Crippen LogP contribution is 1.92. The number of hydrogen-bond donors (Lipinski definition) is 0. The molecule has 3 aromatic rings. The molecule has 0 unspecified atom stereocenters. The second kappa shape index (κ2) is 10.3.